The summed E-state index contributed by atoms with van der Waals surface area (Å²) in [6.07, 6.45) is 3.63. The molecule has 6 nitrogen and oxygen atoms in total. The van der Waals surface area contributed by atoms with E-state index in [1.165, 1.54) is 30.4 Å². The van der Waals surface area contributed by atoms with Gasteiger partial charge in [-0.05, 0) is 42.8 Å². The van der Waals surface area contributed by atoms with Crippen molar-refractivity contribution in [1.82, 2.24) is 9.80 Å². The number of sulfonamides is 1. The number of nitrogens with one attached hydrogen (secondary N) is 1. The van der Waals surface area contributed by atoms with Gasteiger partial charge in [0.05, 0.1) is 17.0 Å². The van der Waals surface area contributed by atoms with Crippen molar-refractivity contribution in [3.8, 4) is 0 Å². The molecule has 0 radical (unpaired) electrons. The van der Waals surface area contributed by atoms with E-state index in [-0.39, 0.29) is 34.0 Å². The predicted octanol–water partition coefficient (Wildman–Crippen LogP) is 3.74. The van der Waals surface area contributed by atoms with Gasteiger partial charge >= 0.3 is 0 Å². The van der Waals surface area contributed by atoms with Gasteiger partial charge in [0.1, 0.15) is 11.6 Å². The van der Waals surface area contributed by atoms with E-state index in [0.717, 1.165) is 17.9 Å². The number of carbonyl (C=O) groups is 1. The number of carbonyl (C=O) groups excluding carboxylic acids is 1. The molecular formula is C22H24ClF2N3O3S. The highest BCUT2D eigenvalue weighted by atomic mass is 35.5. The molecule has 1 amide bonds. The molecule has 172 valence electrons. The second kappa shape index (κ2) is 9.97. The van der Waals surface area contributed by atoms with E-state index < -0.39 is 15.8 Å². The molecule has 0 aliphatic carbocycles. The Morgan fingerprint density at radius 2 is 1.91 bits per heavy atom. The third-order valence-electron chi connectivity index (χ3n) is 5.11. The van der Waals surface area contributed by atoms with Crippen LogP contribution in [0.3, 0.4) is 0 Å². The second-order valence-corrected chi connectivity index (χ2v) is 9.96. The highest BCUT2D eigenvalue weighted by Crippen LogP contribution is 2.26. The van der Waals surface area contributed by atoms with Gasteiger partial charge in [0.2, 0.25) is 15.9 Å². The molecule has 1 aliphatic rings. The summed E-state index contributed by atoms with van der Waals surface area (Å²) >= 11 is 5.77. The molecule has 1 atom stereocenters. The van der Waals surface area contributed by atoms with Gasteiger partial charge in [-0.15, -0.1) is 0 Å². The van der Waals surface area contributed by atoms with Crippen molar-refractivity contribution in [2.24, 2.45) is 0 Å². The van der Waals surface area contributed by atoms with Crippen molar-refractivity contribution in [3.63, 3.8) is 0 Å². The van der Waals surface area contributed by atoms with Gasteiger partial charge in [-0.1, -0.05) is 23.7 Å². The average molecular weight is 484 g/mol. The Morgan fingerprint density at radius 3 is 2.53 bits per heavy atom. The number of piperazine rings is 1. The summed E-state index contributed by atoms with van der Waals surface area (Å²) in [5.41, 5.74) is 1.27. The van der Waals surface area contributed by atoms with Gasteiger partial charge in [-0.2, -0.15) is 0 Å². The lowest BCUT2D eigenvalue weighted by atomic mass is 10.1. The van der Waals surface area contributed by atoms with Gasteiger partial charge in [0.25, 0.3) is 0 Å². The van der Waals surface area contributed by atoms with Crippen molar-refractivity contribution >= 4 is 39.3 Å². The average Bonchev–Trinajstić information content (AvgIpc) is 2.70. The smallest absolute Gasteiger partial charge is 0.246 e. The number of benzene rings is 2. The SMILES string of the molecule is C[C@@H]1CN(Cc2ccc(F)cc2)CCN1C(=O)/C=C/c1cc(F)c(Cl)cc1NS(C)(=O)=O. The van der Waals surface area contributed by atoms with Crippen molar-refractivity contribution in [2.75, 3.05) is 30.6 Å². The molecule has 0 spiro atoms. The number of hydrogen-bond donors (Lipinski definition) is 1. The van der Waals surface area contributed by atoms with Crippen LogP contribution in [0.5, 0.6) is 0 Å². The van der Waals surface area contributed by atoms with Crippen LogP contribution >= 0.6 is 11.6 Å². The Labute approximate surface area is 191 Å². The highest BCUT2D eigenvalue weighted by Gasteiger charge is 2.26. The largest absolute Gasteiger partial charge is 0.334 e. The summed E-state index contributed by atoms with van der Waals surface area (Å²) in [4.78, 5) is 16.6. The number of halogens is 3. The number of nitrogens with zero attached hydrogens (tertiary/aromatic N) is 2. The maximum Gasteiger partial charge on any atom is 0.246 e. The van der Waals surface area contributed by atoms with Crippen LogP contribution < -0.4 is 4.72 Å². The summed E-state index contributed by atoms with van der Waals surface area (Å²) in [5.74, 6) is -1.26. The summed E-state index contributed by atoms with van der Waals surface area (Å²) in [5, 5.41) is -0.231. The molecule has 0 saturated carbocycles. The van der Waals surface area contributed by atoms with Gasteiger partial charge in [0, 0.05) is 43.9 Å². The molecule has 1 heterocycles. The molecule has 1 aliphatic heterocycles. The van der Waals surface area contributed by atoms with Crippen LogP contribution in [0.2, 0.25) is 5.02 Å². The molecule has 0 aromatic heterocycles. The maximum atomic E-state index is 13.9. The normalized spacial score (nSPS) is 17.7. The molecular weight excluding hydrogens is 460 g/mol. The molecule has 32 heavy (non-hydrogen) atoms. The van der Waals surface area contributed by atoms with E-state index in [4.69, 9.17) is 11.6 Å². The maximum absolute atomic E-state index is 13.9. The zero-order valence-electron chi connectivity index (χ0n) is 17.7. The Hall–Kier alpha value is -2.49. The zero-order valence-corrected chi connectivity index (χ0v) is 19.3. The number of rotatable bonds is 6. The van der Waals surface area contributed by atoms with E-state index >= 15 is 0 Å². The Kier molecular flexibility index (Phi) is 7.53. The Morgan fingerprint density at radius 1 is 1.22 bits per heavy atom. The lowest BCUT2D eigenvalue weighted by Crippen LogP contribution is -2.53. The highest BCUT2D eigenvalue weighted by molar-refractivity contribution is 7.92. The lowest BCUT2D eigenvalue weighted by molar-refractivity contribution is -0.130. The van der Waals surface area contributed by atoms with Crippen LogP contribution in [-0.2, 0) is 21.4 Å². The lowest BCUT2D eigenvalue weighted by Gasteiger charge is -2.39. The second-order valence-electron chi connectivity index (χ2n) is 7.80. The van der Waals surface area contributed by atoms with Crippen LogP contribution in [0.15, 0.2) is 42.5 Å². The van der Waals surface area contributed by atoms with Crippen LogP contribution in [0, 0.1) is 11.6 Å². The first-order chi connectivity index (χ1) is 15.0. The van der Waals surface area contributed by atoms with Crippen molar-refractivity contribution in [2.45, 2.75) is 19.5 Å². The molecule has 2 aromatic rings. The summed E-state index contributed by atoms with van der Waals surface area (Å²) in [6, 6.07) is 8.51. The first-order valence-corrected chi connectivity index (χ1v) is 12.2. The van der Waals surface area contributed by atoms with E-state index in [0.29, 0.717) is 26.2 Å². The van der Waals surface area contributed by atoms with Gasteiger partial charge in [-0.3, -0.25) is 14.4 Å². The minimum atomic E-state index is -3.62. The van der Waals surface area contributed by atoms with E-state index in [1.54, 1.807) is 17.0 Å². The third-order valence-corrected chi connectivity index (χ3v) is 5.99. The van der Waals surface area contributed by atoms with E-state index in [2.05, 4.69) is 9.62 Å². The molecule has 10 heteroatoms. The fourth-order valence-electron chi connectivity index (χ4n) is 3.60. The summed E-state index contributed by atoms with van der Waals surface area (Å²) in [7, 11) is -3.62. The predicted molar refractivity (Wildman–Crippen MR) is 122 cm³/mol. The fourth-order valence-corrected chi connectivity index (χ4v) is 4.34. The Bertz CT molecular complexity index is 1120. The van der Waals surface area contributed by atoms with Gasteiger partial charge in [-0.25, -0.2) is 17.2 Å². The monoisotopic (exact) mass is 483 g/mol. The number of amides is 1. The third kappa shape index (κ3) is 6.51. The van der Waals surface area contributed by atoms with Crippen molar-refractivity contribution in [1.29, 1.82) is 0 Å². The van der Waals surface area contributed by atoms with Crippen LogP contribution in [0.1, 0.15) is 18.1 Å². The zero-order chi connectivity index (χ0) is 23.5. The topological polar surface area (TPSA) is 69.7 Å². The molecule has 2 aromatic carbocycles. The van der Waals surface area contributed by atoms with Crippen LogP contribution in [-0.4, -0.2) is 56.1 Å². The quantitative estimate of drug-likeness (QED) is 0.635. The van der Waals surface area contributed by atoms with E-state index in [9.17, 15) is 22.0 Å². The summed E-state index contributed by atoms with van der Waals surface area (Å²) in [6.45, 7) is 4.38. The summed E-state index contributed by atoms with van der Waals surface area (Å²) < 4.78 is 52.4. The van der Waals surface area contributed by atoms with Gasteiger partial charge < -0.3 is 4.90 Å². The van der Waals surface area contributed by atoms with Crippen molar-refractivity contribution < 1.29 is 22.0 Å². The molecule has 1 fully saturated rings. The molecule has 1 N–H and O–H groups in total. The van der Waals surface area contributed by atoms with E-state index in [1.807, 2.05) is 6.92 Å². The number of hydrogen-bond acceptors (Lipinski definition) is 4. The molecule has 0 unspecified atom stereocenters. The standard InChI is InChI=1S/C22H24ClF2N3O3S/c1-15-13-27(14-16-3-6-18(24)7-4-16)9-10-28(15)22(29)8-5-17-11-20(25)19(23)12-21(17)26-32(2,30)31/h3-8,11-12,15,26H,9-10,13-14H2,1-2H3/b8-5+/t15-/m1/s1. The van der Waals surface area contributed by atoms with Crippen LogP contribution in [0.4, 0.5) is 14.5 Å². The Balaban J connectivity index is 1.67. The van der Waals surface area contributed by atoms with Gasteiger partial charge in [0.15, 0.2) is 0 Å². The number of anilines is 1. The minimum Gasteiger partial charge on any atom is -0.334 e. The molecule has 0 bridgehead atoms. The van der Waals surface area contributed by atoms with Crippen LogP contribution in [0.25, 0.3) is 6.08 Å². The first kappa shape index (κ1) is 24.2. The minimum absolute atomic E-state index is 0.0723. The van der Waals surface area contributed by atoms with Crippen molar-refractivity contribution in [3.05, 3.63) is 70.3 Å². The fraction of sp³-hybridized carbons (Fsp3) is 0.318. The molecule has 3 rings (SSSR count). The first-order valence-electron chi connectivity index (χ1n) is 9.94. The molecule has 1 saturated heterocycles.